The Balaban J connectivity index is 1.12. The van der Waals surface area contributed by atoms with Gasteiger partial charge in [-0.3, -0.25) is 4.79 Å². The molecule has 206 valence electrons. The first kappa shape index (κ1) is 26.5. The number of carbonyl (C=O) groups excluding carboxylic acids is 2. The molecular weight excluding hydrogens is 484 g/mol. The molecule has 11 heteroatoms. The van der Waals surface area contributed by atoms with E-state index in [4.69, 9.17) is 14.8 Å². The second-order valence-electron chi connectivity index (χ2n) is 11.5. The highest BCUT2D eigenvalue weighted by Gasteiger charge is 2.39. The molecule has 2 saturated heterocycles. The predicted molar refractivity (Wildman–Crippen MR) is 144 cm³/mol. The number of hydrogen-bond donors (Lipinski definition) is 1. The van der Waals surface area contributed by atoms with Crippen molar-refractivity contribution in [1.29, 1.82) is 0 Å². The Hall–Kier alpha value is -3.08. The minimum atomic E-state index is -0.287. The molecule has 1 saturated carbocycles. The summed E-state index contributed by atoms with van der Waals surface area (Å²) >= 11 is 0. The van der Waals surface area contributed by atoms with Crippen molar-refractivity contribution in [2.75, 3.05) is 52.1 Å². The number of anilines is 1. The van der Waals surface area contributed by atoms with Crippen LogP contribution in [0.2, 0.25) is 0 Å². The third-order valence-corrected chi connectivity index (χ3v) is 7.67. The standard InChI is InChI=1S/C27H41N8O3/c1-18(2)22-16-28-26-25(30-24(19-7-8-19)31-35(22)26)29-20-9-13-33(14-10-20)27(37)38-21-11-15-34(17-21)23(36)6-5-12-32(3)4/h5-6,16,18-22H,7-15,17H2,1-4H3,(H,29,30,31)/q+1/b6-5+/t21-,22?/m0/s1. The van der Waals surface area contributed by atoms with Gasteiger partial charge in [-0.2, -0.15) is 0 Å². The number of aromatic nitrogens is 3. The van der Waals surface area contributed by atoms with Crippen LogP contribution in [0.15, 0.2) is 17.1 Å². The molecule has 5 rings (SSSR count). The zero-order valence-electron chi connectivity index (χ0n) is 23.0. The van der Waals surface area contributed by atoms with Gasteiger partial charge in [-0.1, -0.05) is 25.0 Å². The van der Waals surface area contributed by atoms with Gasteiger partial charge < -0.3 is 24.8 Å². The highest BCUT2D eigenvalue weighted by atomic mass is 16.6. The molecule has 1 unspecified atom stereocenters. The molecule has 11 nitrogen and oxygen atoms in total. The maximum absolute atomic E-state index is 12.8. The Morgan fingerprint density at radius 3 is 2.58 bits per heavy atom. The molecule has 1 aromatic rings. The molecule has 38 heavy (non-hydrogen) atoms. The van der Waals surface area contributed by atoms with Gasteiger partial charge in [-0.05, 0) is 44.8 Å². The van der Waals surface area contributed by atoms with Gasteiger partial charge in [0.2, 0.25) is 11.7 Å². The number of hydrogen-bond acceptors (Lipinski definition) is 8. The number of carbonyl (C=O) groups is 2. The van der Waals surface area contributed by atoms with Crippen LogP contribution in [-0.2, 0) is 9.53 Å². The topological polar surface area (TPSA) is 107 Å². The van der Waals surface area contributed by atoms with Gasteiger partial charge in [0.15, 0.2) is 18.1 Å². The molecule has 3 aliphatic heterocycles. The first-order valence-corrected chi connectivity index (χ1v) is 14.0. The fourth-order valence-electron chi connectivity index (χ4n) is 5.17. The largest absolute Gasteiger partial charge is 0.444 e. The lowest BCUT2D eigenvalue weighted by molar-refractivity contribution is -0.751. The zero-order chi connectivity index (χ0) is 26.8. The first-order valence-electron chi connectivity index (χ1n) is 14.0. The second kappa shape index (κ2) is 11.3. The molecule has 0 radical (unpaired) electrons. The molecule has 3 fully saturated rings. The molecule has 4 heterocycles. The van der Waals surface area contributed by atoms with Gasteiger partial charge in [-0.25, -0.2) is 9.78 Å². The number of likely N-dealkylation sites (tertiary alicyclic amines) is 2. The maximum atomic E-state index is 12.8. The number of aliphatic imine (C=N–C) groups is 1. The summed E-state index contributed by atoms with van der Waals surface area (Å²) in [5.41, 5.74) is 0. The van der Waals surface area contributed by atoms with Crippen molar-refractivity contribution in [2.24, 2.45) is 10.9 Å². The van der Waals surface area contributed by atoms with E-state index in [-0.39, 0.29) is 30.2 Å². The van der Waals surface area contributed by atoms with Crippen molar-refractivity contribution >= 4 is 29.9 Å². The highest BCUT2D eigenvalue weighted by Crippen LogP contribution is 2.39. The minimum Gasteiger partial charge on any atom is -0.444 e. The summed E-state index contributed by atoms with van der Waals surface area (Å²) in [4.78, 5) is 40.3. The predicted octanol–water partition coefficient (Wildman–Crippen LogP) is 2.29. The summed E-state index contributed by atoms with van der Waals surface area (Å²) in [5.74, 6) is 3.34. The molecule has 4 aliphatic rings. The molecule has 0 spiro atoms. The zero-order valence-corrected chi connectivity index (χ0v) is 23.0. The van der Waals surface area contributed by atoms with Crippen LogP contribution in [-0.4, -0.2) is 102 Å². The number of fused-ring (bicyclic) bond motifs is 1. The molecule has 0 bridgehead atoms. The van der Waals surface area contributed by atoms with Crippen LogP contribution in [0.1, 0.15) is 63.7 Å². The monoisotopic (exact) mass is 525 g/mol. The molecule has 1 aliphatic carbocycles. The minimum absolute atomic E-state index is 0.0273. The van der Waals surface area contributed by atoms with E-state index in [1.165, 1.54) is 0 Å². The van der Waals surface area contributed by atoms with E-state index < -0.39 is 0 Å². The van der Waals surface area contributed by atoms with Gasteiger partial charge in [0, 0.05) is 56.6 Å². The van der Waals surface area contributed by atoms with Gasteiger partial charge in [0.1, 0.15) is 6.10 Å². The van der Waals surface area contributed by atoms with E-state index in [0.29, 0.717) is 51.0 Å². The first-order chi connectivity index (χ1) is 18.3. The van der Waals surface area contributed by atoms with Crippen LogP contribution >= 0.6 is 0 Å². The molecule has 1 aromatic heterocycles. The van der Waals surface area contributed by atoms with Crippen molar-refractivity contribution in [3.63, 3.8) is 0 Å². The smallest absolute Gasteiger partial charge is 0.410 e. The van der Waals surface area contributed by atoms with Crippen LogP contribution in [0.5, 0.6) is 0 Å². The summed E-state index contributed by atoms with van der Waals surface area (Å²) in [5, 5.41) is 8.45. The van der Waals surface area contributed by atoms with E-state index in [1.807, 2.05) is 36.0 Å². The Kier molecular flexibility index (Phi) is 7.92. The van der Waals surface area contributed by atoms with Gasteiger partial charge in [-0.15, -0.1) is 4.68 Å². The summed E-state index contributed by atoms with van der Waals surface area (Å²) < 4.78 is 7.80. The summed E-state index contributed by atoms with van der Waals surface area (Å²) in [6.07, 6.45) is 9.48. The van der Waals surface area contributed by atoms with Crippen LogP contribution in [0, 0.1) is 5.92 Å². The average Bonchev–Trinajstić information content (AvgIpc) is 3.47. The van der Waals surface area contributed by atoms with Crippen LogP contribution < -0.4 is 10.00 Å². The summed E-state index contributed by atoms with van der Waals surface area (Å²) in [6, 6.07) is 0.353. The van der Waals surface area contributed by atoms with Crippen LogP contribution in [0.3, 0.4) is 0 Å². The number of nitrogens with zero attached hydrogens (tertiary/aromatic N) is 7. The normalized spacial score (nSPS) is 23.6. The average molecular weight is 526 g/mol. The van der Waals surface area contributed by atoms with Crippen molar-refractivity contribution < 1.29 is 19.0 Å². The lowest BCUT2D eigenvalue weighted by Gasteiger charge is -2.32. The number of rotatable bonds is 8. The molecule has 2 amide bonds. The third kappa shape index (κ3) is 6.14. The molecule has 1 N–H and O–H groups in total. The van der Waals surface area contributed by atoms with Crippen molar-refractivity contribution in [3.8, 4) is 0 Å². The number of nitrogens with one attached hydrogen (secondary N) is 1. The van der Waals surface area contributed by atoms with E-state index in [2.05, 4.69) is 24.2 Å². The fourth-order valence-corrected chi connectivity index (χ4v) is 5.17. The van der Waals surface area contributed by atoms with Gasteiger partial charge in [0.05, 0.1) is 6.54 Å². The maximum Gasteiger partial charge on any atom is 0.410 e. The van der Waals surface area contributed by atoms with Crippen LogP contribution in [0.25, 0.3) is 0 Å². The van der Waals surface area contributed by atoms with E-state index >= 15 is 0 Å². The van der Waals surface area contributed by atoms with Crippen LogP contribution in [0.4, 0.5) is 16.4 Å². The third-order valence-electron chi connectivity index (χ3n) is 7.67. The van der Waals surface area contributed by atoms with Crippen molar-refractivity contribution in [2.45, 2.75) is 70.1 Å². The van der Waals surface area contributed by atoms with E-state index in [0.717, 1.165) is 43.1 Å². The summed E-state index contributed by atoms with van der Waals surface area (Å²) in [6.45, 7) is 7.38. The fraction of sp³-hybridized carbons (Fsp3) is 0.704. The Labute approximate surface area is 224 Å². The summed E-state index contributed by atoms with van der Waals surface area (Å²) in [7, 11) is 3.92. The Morgan fingerprint density at radius 1 is 1.16 bits per heavy atom. The number of amides is 2. The number of likely N-dealkylation sites (N-methyl/N-ethyl adjacent to an activating group) is 1. The second-order valence-corrected chi connectivity index (χ2v) is 11.5. The lowest BCUT2D eigenvalue weighted by Crippen LogP contribution is -2.46. The number of ether oxygens (including phenoxy) is 1. The SMILES string of the molecule is CC(C)C1C=Nc2c(NC3CCN(C(=O)O[C@H]4CCN(C(=O)/C=C/CN(C)C)C4)CC3)nc(C3CC3)n[n+]21. The Bertz CT molecular complexity index is 1090. The Morgan fingerprint density at radius 2 is 1.89 bits per heavy atom. The van der Waals surface area contributed by atoms with E-state index in [9.17, 15) is 9.59 Å². The quantitative estimate of drug-likeness (QED) is 0.410. The molecule has 2 atom stereocenters. The molecular formula is C27H41N8O3+. The lowest BCUT2D eigenvalue weighted by atomic mass is 10.1. The van der Waals surface area contributed by atoms with E-state index in [1.54, 1.807) is 15.9 Å². The van der Waals surface area contributed by atoms with Gasteiger partial charge in [0.25, 0.3) is 0 Å². The van der Waals surface area contributed by atoms with Crippen molar-refractivity contribution in [3.05, 3.63) is 18.0 Å². The van der Waals surface area contributed by atoms with Crippen molar-refractivity contribution in [1.82, 2.24) is 24.8 Å². The number of piperidine rings is 1. The van der Waals surface area contributed by atoms with Gasteiger partial charge >= 0.3 is 11.9 Å². The molecule has 0 aromatic carbocycles. The highest BCUT2D eigenvalue weighted by molar-refractivity contribution is 5.87.